The van der Waals surface area contributed by atoms with E-state index in [1.807, 2.05) is 37.3 Å². The van der Waals surface area contributed by atoms with Crippen molar-refractivity contribution < 1.29 is 9.90 Å². The average molecular weight is 308 g/mol. The van der Waals surface area contributed by atoms with E-state index in [0.717, 1.165) is 23.8 Å². The molecule has 0 fully saturated rings. The van der Waals surface area contributed by atoms with Gasteiger partial charge >= 0.3 is 5.97 Å². The zero-order chi connectivity index (χ0) is 15.7. The molecule has 4 nitrogen and oxygen atoms in total. The summed E-state index contributed by atoms with van der Waals surface area (Å²) in [5.74, 6) is -0.785. The molecule has 1 unspecified atom stereocenters. The molecule has 0 amide bonds. The van der Waals surface area contributed by atoms with Gasteiger partial charge in [-0.2, -0.15) is 0 Å². The Bertz CT molecular complexity index is 459. The molecule has 0 saturated carbocycles. The van der Waals surface area contributed by atoms with Crippen molar-refractivity contribution in [2.75, 3.05) is 19.6 Å². The molecule has 116 valence electrons. The Morgan fingerprint density at radius 2 is 1.86 bits per heavy atom. The second kappa shape index (κ2) is 9.45. The highest BCUT2D eigenvalue weighted by Gasteiger charge is 2.21. The van der Waals surface area contributed by atoms with Gasteiger partial charge in [0.2, 0.25) is 0 Å². The Hall–Kier alpha value is -1.49. The molecule has 0 bridgehead atoms. The van der Waals surface area contributed by atoms with Crippen molar-refractivity contribution in [3.8, 4) is 0 Å². The highest BCUT2D eigenvalue weighted by molar-refractivity contribution is 8.14. The quantitative estimate of drug-likeness (QED) is 0.617. The summed E-state index contributed by atoms with van der Waals surface area (Å²) in [6.07, 6.45) is 0.0959. The Morgan fingerprint density at radius 3 is 2.33 bits per heavy atom. The molecule has 1 atom stereocenters. The van der Waals surface area contributed by atoms with Gasteiger partial charge in [-0.05, 0) is 26.3 Å². The van der Waals surface area contributed by atoms with Gasteiger partial charge in [-0.25, -0.2) is 0 Å². The monoisotopic (exact) mass is 308 g/mol. The van der Waals surface area contributed by atoms with Gasteiger partial charge in [-0.15, -0.1) is 0 Å². The predicted octanol–water partition coefficient (Wildman–Crippen LogP) is 3.65. The van der Waals surface area contributed by atoms with E-state index in [2.05, 4.69) is 23.7 Å². The van der Waals surface area contributed by atoms with Crippen molar-refractivity contribution in [2.24, 2.45) is 4.99 Å². The number of carboxylic acids is 1. The molecule has 1 N–H and O–H groups in total. The van der Waals surface area contributed by atoms with Gasteiger partial charge in [0.15, 0.2) is 5.17 Å². The molecule has 0 aliphatic heterocycles. The Morgan fingerprint density at radius 1 is 1.24 bits per heavy atom. The minimum absolute atomic E-state index is 0.0959. The number of thioether (sulfide) groups is 1. The third kappa shape index (κ3) is 5.79. The smallest absolute Gasteiger partial charge is 0.304 e. The minimum atomic E-state index is -0.785. The van der Waals surface area contributed by atoms with E-state index in [0.29, 0.717) is 6.54 Å². The van der Waals surface area contributed by atoms with Crippen LogP contribution in [-0.4, -0.2) is 40.8 Å². The van der Waals surface area contributed by atoms with Crippen LogP contribution in [0.25, 0.3) is 0 Å². The molecule has 0 aliphatic rings. The fourth-order valence-corrected chi connectivity index (χ4v) is 3.41. The number of hydrogen-bond donors (Lipinski definition) is 1. The van der Waals surface area contributed by atoms with Crippen LogP contribution in [-0.2, 0) is 4.79 Å². The number of nitrogens with zero attached hydrogens (tertiary/aromatic N) is 2. The highest BCUT2D eigenvalue weighted by atomic mass is 32.2. The third-order valence-corrected chi connectivity index (χ3v) is 4.43. The summed E-state index contributed by atoms with van der Waals surface area (Å²) >= 11 is 1.55. The average Bonchev–Trinajstić information content (AvgIpc) is 2.48. The zero-order valence-electron chi connectivity index (χ0n) is 13.0. The van der Waals surface area contributed by atoms with Gasteiger partial charge in [-0.3, -0.25) is 9.79 Å². The fourth-order valence-electron chi connectivity index (χ4n) is 2.02. The number of carboxylic acid groups (broad SMARTS) is 1. The zero-order valence-corrected chi connectivity index (χ0v) is 13.8. The van der Waals surface area contributed by atoms with Crippen molar-refractivity contribution in [2.45, 2.75) is 32.4 Å². The molecule has 0 spiro atoms. The SMILES string of the molecule is CCN=C(SC(CC(=O)O)c1ccccc1)N(CC)CC. The maximum Gasteiger partial charge on any atom is 0.304 e. The number of benzene rings is 1. The van der Waals surface area contributed by atoms with Gasteiger partial charge in [-0.1, -0.05) is 42.1 Å². The van der Waals surface area contributed by atoms with E-state index in [4.69, 9.17) is 0 Å². The van der Waals surface area contributed by atoms with Gasteiger partial charge in [0.25, 0.3) is 0 Å². The first-order valence-electron chi connectivity index (χ1n) is 7.35. The second-order valence-corrected chi connectivity index (χ2v) is 5.71. The standard InChI is InChI=1S/C16H24N2O2S/c1-4-17-16(18(5-2)6-3)21-14(12-15(19)20)13-10-8-7-9-11-13/h7-11,14H,4-6,12H2,1-3H3,(H,19,20). The maximum atomic E-state index is 11.2. The maximum absolute atomic E-state index is 11.2. The van der Waals surface area contributed by atoms with E-state index in [1.54, 1.807) is 11.8 Å². The van der Waals surface area contributed by atoms with Gasteiger partial charge in [0.05, 0.1) is 6.42 Å². The van der Waals surface area contributed by atoms with E-state index < -0.39 is 5.97 Å². The summed E-state index contributed by atoms with van der Waals surface area (Å²) in [5, 5.41) is 9.99. The van der Waals surface area contributed by atoms with Crippen LogP contribution in [0, 0.1) is 0 Å². The lowest BCUT2D eigenvalue weighted by atomic mass is 10.1. The minimum Gasteiger partial charge on any atom is -0.481 e. The topological polar surface area (TPSA) is 52.9 Å². The summed E-state index contributed by atoms with van der Waals surface area (Å²) in [6, 6.07) is 9.79. The fraction of sp³-hybridized carbons (Fsp3) is 0.500. The number of aliphatic carboxylic acids is 1. The van der Waals surface area contributed by atoms with Crippen molar-refractivity contribution in [3.05, 3.63) is 35.9 Å². The van der Waals surface area contributed by atoms with Crippen molar-refractivity contribution >= 4 is 22.9 Å². The summed E-state index contributed by atoms with van der Waals surface area (Å²) in [6.45, 7) is 8.62. The molecule has 21 heavy (non-hydrogen) atoms. The van der Waals surface area contributed by atoms with Crippen LogP contribution in [0.2, 0.25) is 0 Å². The van der Waals surface area contributed by atoms with Crippen LogP contribution < -0.4 is 0 Å². The molecule has 0 heterocycles. The number of rotatable bonds is 7. The Balaban J connectivity index is 2.98. The van der Waals surface area contributed by atoms with Crippen LogP contribution in [0.15, 0.2) is 35.3 Å². The van der Waals surface area contributed by atoms with Crippen molar-refractivity contribution in [3.63, 3.8) is 0 Å². The lowest BCUT2D eigenvalue weighted by Crippen LogP contribution is -2.29. The van der Waals surface area contributed by atoms with E-state index in [-0.39, 0.29) is 11.7 Å². The molecule has 0 saturated heterocycles. The predicted molar refractivity (Wildman–Crippen MR) is 89.9 cm³/mol. The highest BCUT2D eigenvalue weighted by Crippen LogP contribution is 2.34. The normalized spacial score (nSPS) is 13.0. The Kier molecular flexibility index (Phi) is 7.90. The summed E-state index contributed by atoms with van der Waals surface area (Å²) in [7, 11) is 0. The molecular weight excluding hydrogens is 284 g/mol. The molecule has 1 rings (SSSR count). The van der Waals surface area contributed by atoms with Crippen molar-refractivity contribution in [1.29, 1.82) is 0 Å². The number of aliphatic imine (C=N–C) groups is 1. The molecular formula is C16H24N2O2S. The van der Waals surface area contributed by atoms with Crippen LogP contribution >= 0.6 is 11.8 Å². The lowest BCUT2D eigenvalue weighted by molar-refractivity contribution is -0.137. The number of carbonyl (C=O) groups is 1. The molecule has 1 aromatic rings. The van der Waals surface area contributed by atoms with E-state index in [9.17, 15) is 9.90 Å². The van der Waals surface area contributed by atoms with Crippen LogP contribution in [0.4, 0.5) is 0 Å². The summed E-state index contributed by atoms with van der Waals surface area (Å²) in [5.41, 5.74) is 1.03. The second-order valence-electron chi connectivity index (χ2n) is 4.54. The van der Waals surface area contributed by atoms with Crippen LogP contribution in [0.5, 0.6) is 0 Å². The summed E-state index contributed by atoms with van der Waals surface area (Å²) < 4.78 is 0. The molecule has 0 aromatic heterocycles. The number of amidine groups is 1. The third-order valence-electron chi connectivity index (χ3n) is 3.11. The van der Waals surface area contributed by atoms with Gasteiger partial charge < -0.3 is 10.0 Å². The lowest BCUT2D eigenvalue weighted by Gasteiger charge is -2.25. The largest absolute Gasteiger partial charge is 0.481 e. The number of hydrogen-bond acceptors (Lipinski definition) is 3. The Labute approximate surface area is 131 Å². The first-order valence-corrected chi connectivity index (χ1v) is 8.23. The molecule has 1 aromatic carbocycles. The van der Waals surface area contributed by atoms with Crippen LogP contribution in [0.3, 0.4) is 0 Å². The molecule has 5 heteroatoms. The first-order chi connectivity index (χ1) is 10.1. The van der Waals surface area contributed by atoms with E-state index >= 15 is 0 Å². The van der Waals surface area contributed by atoms with Crippen molar-refractivity contribution in [1.82, 2.24) is 4.90 Å². The van der Waals surface area contributed by atoms with E-state index in [1.165, 1.54) is 0 Å². The first kappa shape index (κ1) is 17.6. The summed E-state index contributed by atoms with van der Waals surface area (Å²) in [4.78, 5) is 17.9. The molecule has 0 aliphatic carbocycles. The van der Waals surface area contributed by atoms with Gasteiger partial charge in [0.1, 0.15) is 0 Å². The molecule has 0 radical (unpaired) electrons. The van der Waals surface area contributed by atoms with Crippen LogP contribution in [0.1, 0.15) is 38.0 Å². The van der Waals surface area contributed by atoms with Gasteiger partial charge in [0, 0.05) is 24.9 Å².